The molecule has 0 aliphatic rings. The van der Waals surface area contributed by atoms with Gasteiger partial charge in [0.15, 0.2) is 0 Å². The van der Waals surface area contributed by atoms with Crippen molar-refractivity contribution in [1.29, 1.82) is 0 Å². The molecule has 0 saturated carbocycles. The lowest BCUT2D eigenvalue weighted by Crippen LogP contribution is -2.37. The van der Waals surface area contributed by atoms with E-state index in [9.17, 15) is 0 Å². The predicted octanol–water partition coefficient (Wildman–Crippen LogP) is 0.568. The van der Waals surface area contributed by atoms with E-state index in [4.69, 9.17) is 20.8 Å². The zero-order valence-corrected chi connectivity index (χ0v) is 8.07. The first-order valence-corrected chi connectivity index (χ1v) is 4.16. The van der Waals surface area contributed by atoms with Gasteiger partial charge in [-0.1, -0.05) is 13.3 Å². The quantitative estimate of drug-likeness (QED) is 0.454. The minimum atomic E-state index is -0.744. The zero-order chi connectivity index (χ0) is 11.1. The van der Waals surface area contributed by atoms with Crippen LogP contribution >= 0.6 is 0 Å². The fourth-order valence-corrected chi connectivity index (χ4v) is 0.995. The highest BCUT2D eigenvalue weighted by Crippen LogP contribution is 2.11. The molecule has 0 spiro atoms. The Morgan fingerprint density at radius 1 is 1.07 bits per heavy atom. The Balaban J connectivity index is 4.03. The van der Waals surface area contributed by atoms with Crippen molar-refractivity contribution in [2.45, 2.75) is 38.9 Å². The average Bonchev–Trinajstić information content (AvgIpc) is 2.01. The van der Waals surface area contributed by atoms with Crippen molar-refractivity contribution in [3.63, 3.8) is 0 Å². The molecule has 0 unspecified atom stereocenters. The van der Waals surface area contributed by atoms with Crippen molar-refractivity contribution < 1.29 is 30.5 Å². The van der Waals surface area contributed by atoms with Crippen LogP contribution in [0.15, 0.2) is 0 Å². The monoisotopic (exact) mass is 212 g/mol. The molecule has 8 nitrogen and oxygen atoms in total. The number of hydrogen-bond acceptors (Lipinski definition) is 8. The molecule has 0 rings (SSSR count). The van der Waals surface area contributed by atoms with Crippen molar-refractivity contribution in [2.24, 2.45) is 0 Å². The fourth-order valence-electron chi connectivity index (χ4n) is 0.995. The highest BCUT2D eigenvalue weighted by molar-refractivity contribution is 4.63. The minimum Gasteiger partial charge on any atom is -0.266 e. The van der Waals surface area contributed by atoms with Gasteiger partial charge in [0.05, 0.1) is 10.8 Å². The van der Waals surface area contributed by atoms with Gasteiger partial charge in [0, 0.05) is 0 Å². The summed E-state index contributed by atoms with van der Waals surface area (Å²) < 4.78 is 0. The molecule has 0 aromatic rings. The van der Waals surface area contributed by atoms with Crippen molar-refractivity contribution >= 4 is 0 Å². The smallest absolute Gasteiger partial charge is 0.112 e. The fraction of sp³-hybridized carbons (Fsp3) is 1.00. The second kappa shape index (κ2) is 7.04. The molecule has 0 saturated heterocycles. The van der Waals surface area contributed by atoms with E-state index >= 15 is 0 Å². The molecule has 0 heterocycles. The van der Waals surface area contributed by atoms with Crippen LogP contribution in [0.1, 0.15) is 26.7 Å². The highest BCUT2D eigenvalue weighted by atomic mass is 17.1. The van der Waals surface area contributed by atoms with Gasteiger partial charge in [0.1, 0.15) is 12.2 Å². The summed E-state index contributed by atoms with van der Waals surface area (Å²) >= 11 is 0. The van der Waals surface area contributed by atoms with Gasteiger partial charge >= 0.3 is 0 Å². The standard InChI is InChI=1S/C6H16N2O6/c1-3-4-6(14-8(11)12)5(2)13-7(9)10/h5-6,9-12H,3-4H2,1-2H3/t5-,6-/m0/s1. The van der Waals surface area contributed by atoms with E-state index in [0.717, 1.165) is 0 Å². The summed E-state index contributed by atoms with van der Waals surface area (Å²) in [6.07, 6.45) is -0.265. The minimum absolute atomic E-state index is 0.431. The zero-order valence-electron chi connectivity index (χ0n) is 8.07. The van der Waals surface area contributed by atoms with E-state index in [0.29, 0.717) is 12.8 Å². The molecule has 0 amide bonds. The van der Waals surface area contributed by atoms with Crippen LogP contribution in [-0.2, 0) is 9.68 Å². The van der Waals surface area contributed by atoms with E-state index in [-0.39, 0.29) is 0 Å². The second-order valence-electron chi connectivity index (χ2n) is 2.75. The maximum absolute atomic E-state index is 8.40. The summed E-state index contributed by atoms with van der Waals surface area (Å²) in [5.74, 6) is 0. The third-order valence-electron chi connectivity index (χ3n) is 1.59. The van der Waals surface area contributed by atoms with E-state index in [1.54, 1.807) is 0 Å². The largest absolute Gasteiger partial charge is 0.266 e. The van der Waals surface area contributed by atoms with Crippen LogP contribution < -0.4 is 0 Å². The lowest BCUT2D eigenvalue weighted by Gasteiger charge is -2.24. The van der Waals surface area contributed by atoms with Crippen LogP contribution in [-0.4, -0.2) is 43.8 Å². The Morgan fingerprint density at radius 2 is 1.57 bits per heavy atom. The highest BCUT2D eigenvalue weighted by Gasteiger charge is 2.22. The van der Waals surface area contributed by atoms with Crippen molar-refractivity contribution in [2.75, 3.05) is 0 Å². The first-order valence-electron chi connectivity index (χ1n) is 4.16. The number of rotatable bonds is 7. The molecule has 0 aliphatic heterocycles. The SMILES string of the molecule is CCC[C@H](ON(O)O)[C@H](C)ON(O)O. The average molecular weight is 212 g/mol. The maximum atomic E-state index is 8.40. The normalized spacial score (nSPS) is 16.3. The molecule has 0 aromatic heterocycles. The van der Waals surface area contributed by atoms with Crippen molar-refractivity contribution in [1.82, 2.24) is 10.8 Å². The summed E-state index contributed by atoms with van der Waals surface area (Å²) in [6, 6.07) is 0. The van der Waals surface area contributed by atoms with Crippen LogP contribution in [0.2, 0.25) is 0 Å². The van der Waals surface area contributed by atoms with E-state index in [1.165, 1.54) is 6.92 Å². The van der Waals surface area contributed by atoms with Gasteiger partial charge in [-0.2, -0.15) is 0 Å². The number of hydrogen-bond donors (Lipinski definition) is 4. The Morgan fingerprint density at radius 3 is 1.93 bits per heavy atom. The van der Waals surface area contributed by atoms with Crippen molar-refractivity contribution in [3.8, 4) is 0 Å². The summed E-state index contributed by atoms with van der Waals surface area (Å²) in [7, 11) is 0. The topological polar surface area (TPSA) is 106 Å². The lowest BCUT2D eigenvalue weighted by atomic mass is 10.1. The third kappa shape index (κ3) is 6.18. The molecule has 0 bridgehead atoms. The Kier molecular flexibility index (Phi) is 6.87. The predicted molar refractivity (Wildman–Crippen MR) is 41.2 cm³/mol. The molecule has 0 fully saturated rings. The van der Waals surface area contributed by atoms with Crippen LogP contribution in [0.5, 0.6) is 0 Å². The van der Waals surface area contributed by atoms with Gasteiger partial charge < -0.3 is 0 Å². The van der Waals surface area contributed by atoms with Gasteiger partial charge in [-0.3, -0.25) is 20.8 Å². The molecular formula is C6H16N2O6. The van der Waals surface area contributed by atoms with E-state index < -0.39 is 23.0 Å². The van der Waals surface area contributed by atoms with Crippen LogP contribution in [0, 0.1) is 0 Å². The van der Waals surface area contributed by atoms with Gasteiger partial charge in [0.2, 0.25) is 0 Å². The molecule has 4 N–H and O–H groups in total. The molecule has 86 valence electrons. The lowest BCUT2D eigenvalue weighted by molar-refractivity contribution is -0.537. The summed E-state index contributed by atoms with van der Waals surface area (Å²) in [5.41, 5.74) is 0. The summed E-state index contributed by atoms with van der Waals surface area (Å²) in [5, 5.41) is 32.6. The summed E-state index contributed by atoms with van der Waals surface area (Å²) in [4.78, 5) is 8.96. The maximum Gasteiger partial charge on any atom is 0.112 e. The Hall–Kier alpha value is -0.320. The third-order valence-corrected chi connectivity index (χ3v) is 1.59. The van der Waals surface area contributed by atoms with Gasteiger partial charge in [-0.05, 0) is 13.3 Å². The number of nitrogens with zero attached hydrogens (tertiary/aromatic N) is 2. The van der Waals surface area contributed by atoms with Crippen LogP contribution in [0.4, 0.5) is 0 Å². The molecule has 0 aromatic carbocycles. The molecular weight excluding hydrogens is 196 g/mol. The van der Waals surface area contributed by atoms with E-state index in [2.05, 4.69) is 9.68 Å². The second-order valence-corrected chi connectivity index (χ2v) is 2.75. The first kappa shape index (κ1) is 13.7. The molecule has 0 radical (unpaired) electrons. The van der Waals surface area contributed by atoms with Gasteiger partial charge in [-0.25, -0.2) is 9.68 Å². The molecule has 8 heteroatoms. The Labute approximate surface area is 81.2 Å². The van der Waals surface area contributed by atoms with E-state index in [1.807, 2.05) is 6.92 Å². The van der Waals surface area contributed by atoms with Crippen LogP contribution in [0.25, 0.3) is 0 Å². The van der Waals surface area contributed by atoms with Crippen LogP contribution in [0.3, 0.4) is 0 Å². The first-order chi connectivity index (χ1) is 6.47. The molecule has 14 heavy (non-hydrogen) atoms. The van der Waals surface area contributed by atoms with Crippen molar-refractivity contribution in [3.05, 3.63) is 0 Å². The molecule has 2 atom stereocenters. The Bertz CT molecular complexity index is 144. The summed E-state index contributed by atoms with van der Waals surface area (Å²) in [6.45, 7) is 3.35. The van der Waals surface area contributed by atoms with Gasteiger partial charge in [-0.15, -0.1) is 0 Å². The van der Waals surface area contributed by atoms with Gasteiger partial charge in [0.25, 0.3) is 0 Å². The molecule has 0 aliphatic carbocycles.